The molecule has 0 saturated carbocycles. The monoisotopic (exact) mass is 494 g/mol. The average molecular weight is 495 g/mol. The molecule has 0 radical (unpaired) electrons. The molecule has 1 aliphatic heterocycles. The van der Waals surface area contributed by atoms with Gasteiger partial charge in [0.15, 0.2) is 0 Å². The van der Waals surface area contributed by atoms with E-state index >= 15 is 0 Å². The number of pyridine rings is 1. The third-order valence-electron chi connectivity index (χ3n) is 6.27. The summed E-state index contributed by atoms with van der Waals surface area (Å²) in [5, 5.41) is 12.8. The van der Waals surface area contributed by atoms with Crippen molar-refractivity contribution in [1.29, 1.82) is 0 Å². The summed E-state index contributed by atoms with van der Waals surface area (Å²) in [6, 6.07) is 9.96. The van der Waals surface area contributed by atoms with Crippen LogP contribution in [0.4, 0.5) is 15.4 Å². The number of carbonyl (C=O) groups is 3. The van der Waals surface area contributed by atoms with Gasteiger partial charge < -0.3 is 19.5 Å². The highest BCUT2D eigenvalue weighted by Gasteiger charge is 2.23. The van der Waals surface area contributed by atoms with E-state index in [0.717, 1.165) is 35.6 Å². The molecule has 0 bridgehead atoms. The molecule has 1 aliphatic rings. The average Bonchev–Trinajstić information content (AvgIpc) is 3.28. The molecule has 2 aromatic heterocycles. The number of likely N-dealkylation sites (tertiary alicyclic amines) is 1. The summed E-state index contributed by atoms with van der Waals surface area (Å²) in [5.74, 6) is 1.78. The largest absolute Gasteiger partial charge is 0.466 e. The standard InChI is InChI=1S/C26H30N4O6/c1-2-35-24(31)5-3-4-18-9-13-29(14-10-18)25(32)28-23-17-21(8-12-27-23)36-20-6-7-22-19(16-20)11-15-30(22)26(33)34/h6-8,11-12,15-18H,2-5,9-10,13-14H2,1H3,(H,33,34)(H,27,28,32). The third-order valence-corrected chi connectivity index (χ3v) is 6.27. The molecule has 4 rings (SSSR count). The number of urea groups is 1. The first-order valence-electron chi connectivity index (χ1n) is 12.1. The number of carboxylic acid groups (broad SMARTS) is 1. The number of piperidine rings is 1. The van der Waals surface area contributed by atoms with E-state index in [1.165, 1.54) is 6.20 Å². The number of hydrogen-bond acceptors (Lipinski definition) is 6. The highest BCUT2D eigenvalue weighted by molar-refractivity contribution is 5.90. The lowest BCUT2D eigenvalue weighted by atomic mass is 9.92. The molecule has 1 aromatic carbocycles. The lowest BCUT2D eigenvalue weighted by Gasteiger charge is -2.32. The first-order chi connectivity index (χ1) is 17.4. The minimum Gasteiger partial charge on any atom is -0.466 e. The van der Waals surface area contributed by atoms with E-state index in [4.69, 9.17) is 9.47 Å². The topological polar surface area (TPSA) is 123 Å². The SMILES string of the molecule is CCOC(=O)CCCC1CCN(C(=O)Nc2cc(Oc3ccc4c(ccn4C(=O)O)c3)ccn2)CC1. The van der Waals surface area contributed by atoms with Gasteiger partial charge in [-0.3, -0.25) is 14.7 Å². The van der Waals surface area contributed by atoms with Gasteiger partial charge in [-0.2, -0.15) is 0 Å². The smallest absolute Gasteiger partial charge is 0.415 e. The number of rotatable bonds is 8. The van der Waals surface area contributed by atoms with Crippen LogP contribution in [0.15, 0.2) is 48.8 Å². The molecule has 1 saturated heterocycles. The quantitative estimate of drug-likeness (QED) is 0.406. The lowest BCUT2D eigenvalue weighted by Crippen LogP contribution is -2.41. The fourth-order valence-electron chi connectivity index (χ4n) is 4.41. The van der Waals surface area contributed by atoms with Crippen LogP contribution in [0.3, 0.4) is 0 Å². The van der Waals surface area contributed by atoms with Gasteiger partial charge in [0.1, 0.15) is 17.3 Å². The van der Waals surface area contributed by atoms with Crippen LogP contribution in [0.5, 0.6) is 11.5 Å². The summed E-state index contributed by atoms with van der Waals surface area (Å²) < 4.78 is 12.0. The molecule has 3 aromatic rings. The van der Waals surface area contributed by atoms with Crippen LogP contribution < -0.4 is 10.1 Å². The number of nitrogens with zero attached hydrogens (tertiary/aromatic N) is 3. The van der Waals surface area contributed by atoms with E-state index in [1.807, 2.05) is 0 Å². The van der Waals surface area contributed by atoms with Gasteiger partial charge in [-0.25, -0.2) is 14.6 Å². The molecule has 0 atom stereocenters. The van der Waals surface area contributed by atoms with Crippen molar-refractivity contribution >= 4 is 34.8 Å². The first-order valence-corrected chi connectivity index (χ1v) is 12.1. The van der Waals surface area contributed by atoms with E-state index in [9.17, 15) is 19.5 Å². The Bertz CT molecular complexity index is 1230. The Morgan fingerprint density at radius 1 is 1.11 bits per heavy atom. The zero-order chi connectivity index (χ0) is 25.5. The summed E-state index contributed by atoms with van der Waals surface area (Å²) in [7, 11) is 0. The van der Waals surface area contributed by atoms with Gasteiger partial charge in [0, 0.05) is 43.4 Å². The molecule has 10 nitrogen and oxygen atoms in total. The van der Waals surface area contributed by atoms with Crippen LogP contribution in [-0.2, 0) is 9.53 Å². The fourth-order valence-corrected chi connectivity index (χ4v) is 4.41. The third kappa shape index (κ3) is 6.32. The number of benzene rings is 1. The van der Waals surface area contributed by atoms with E-state index in [2.05, 4.69) is 10.3 Å². The summed E-state index contributed by atoms with van der Waals surface area (Å²) in [4.78, 5) is 41.5. The molecular formula is C26H30N4O6. The summed E-state index contributed by atoms with van der Waals surface area (Å²) in [6.45, 7) is 3.53. The highest BCUT2D eigenvalue weighted by Crippen LogP contribution is 2.28. The van der Waals surface area contributed by atoms with Crippen LogP contribution >= 0.6 is 0 Å². The summed E-state index contributed by atoms with van der Waals surface area (Å²) >= 11 is 0. The molecule has 2 amide bonds. The summed E-state index contributed by atoms with van der Waals surface area (Å²) in [5.41, 5.74) is 0.570. The maximum absolute atomic E-state index is 12.7. The molecule has 0 unspecified atom stereocenters. The zero-order valence-electron chi connectivity index (χ0n) is 20.2. The lowest BCUT2D eigenvalue weighted by molar-refractivity contribution is -0.143. The van der Waals surface area contributed by atoms with E-state index in [0.29, 0.717) is 54.9 Å². The Balaban J connectivity index is 1.28. The Hall–Kier alpha value is -4.08. The van der Waals surface area contributed by atoms with Crippen molar-refractivity contribution in [2.45, 2.75) is 39.0 Å². The number of anilines is 1. The fraction of sp³-hybridized carbons (Fsp3) is 0.385. The van der Waals surface area contributed by atoms with E-state index < -0.39 is 6.09 Å². The van der Waals surface area contributed by atoms with Crippen LogP contribution in [0, 0.1) is 5.92 Å². The van der Waals surface area contributed by atoms with Gasteiger partial charge in [-0.15, -0.1) is 0 Å². The van der Waals surface area contributed by atoms with Gasteiger partial charge in [-0.05, 0) is 68.9 Å². The second-order valence-electron chi connectivity index (χ2n) is 8.73. The molecule has 2 N–H and O–H groups in total. The van der Waals surface area contributed by atoms with Crippen LogP contribution in [0.25, 0.3) is 10.9 Å². The number of fused-ring (bicyclic) bond motifs is 1. The molecule has 0 spiro atoms. The minimum absolute atomic E-state index is 0.147. The molecular weight excluding hydrogens is 464 g/mol. The van der Waals surface area contributed by atoms with Gasteiger partial charge >= 0.3 is 18.1 Å². The molecule has 36 heavy (non-hydrogen) atoms. The zero-order valence-corrected chi connectivity index (χ0v) is 20.2. The van der Waals surface area contributed by atoms with Crippen molar-refractivity contribution in [2.75, 3.05) is 25.0 Å². The molecule has 3 heterocycles. The van der Waals surface area contributed by atoms with Crippen LogP contribution in [0.1, 0.15) is 39.0 Å². The number of hydrogen-bond donors (Lipinski definition) is 2. The van der Waals surface area contributed by atoms with Crippen molar-refractivity contribution in [3.05, 3.63) is 48.8 Å². The normalized spacial score (nSPS) is 14.0. The number of amides is 2. The van der Waals surface area contributed by atoms with Gasteiger partial charge in [0.2, 0.25) is 0 Å². The van der Waals surface area contributed by atoms with Crippen molar-refractivity contribution in [3.8, 4) is 11.5 Å². The Kier molecular flexibility index (Phi) is 8.04. The van der Waals surface area contributed by atoms with E-state index in [-0.39, 0.29) is 12.0 Å². The predicted molar refractivity (Wildman–Crippen MR) is 133 cm³/mol. The van der Waals surface area contributed by atoms with E-state index in [1.54, 1.807) is 54.4 Å². The Morgan fingerprint density at radius 2 is 1.89 bits per heavy atom. The second-order valence-corrected chi connectivity index (χ2v) is 8.73. The number of carbonyl (C=O) groups excluding carboxylic acids is 2. The summed E-state index contributed by atoms with van der Waals surface area (Å²) in [6.07, 6.45) is 6.02. The van der Waals surface area contributed by atoms with Crippen molar-refractivity contribution < 1.29 is 29.0 Å². The molecule has 10 heteroatoms. The molecule has 0 aliphatic carbocycles. The molecule has 1 fully saturated rings. The maximum Gasteiger partial charge on any atom is 0.415 e. The van der Waals surface area contributed by atoms with Gasteiger partial charge in [0.05, 0.1) is 12.1 Å². The number of aromatic nitrogens is 2. The number of nitrogens with one attached hydrogen (secondary N) is 1. The van der Waals surface area contributed by atoms with Crippen molar-refractivity contribution in [1.82, 2.24) is 14.5 Å². The van der Waals surface area contributed by atoms with Crippen molar-refractivity contribution in [3.63, 3.8) is 0 Å². The maximum atomic E-state index is 12.7. The van der Waals surface area contributed by atoms with Crippen LogP contribution in [0.2, 0.25) is 0 Å². The Morgan fingerprint density at radius 3 is 2.64 bits per heavy atom. The Labute approximate surface area is 208 Å². The van der Waals surface area contributed by atoms with Gasteiger partial charge in [0.25, 0.3) is 0 Å². The van der Waals surface area contributed by atoms with Crippen LogP contribution in [-0.4, -0.2) is 57.3 Å². The predicted octanol–water partition coefficient (Wildman–Crippen LogP) is 5.33. The molecule has 190 valence electrons. The second kappa shape index (κ2) is 11.6. The first kappa shape index (κ1) is 25.0. The van der Waals surface area contributed by atoms with Gasteiger partial charge in [-0.1, -0.05) is 0 Å². The minimum atomic E-state index is -1.05. The number of ether oxygens (including phenoxy) is 2. The highest BCUT2D eigenvalue weighted by atomic mass is 16.5. The number of esters is 1. The van der Waals surface area contributed by atoms with Crippen molar-refractivity contribution in [2.24, 2.45) is 5.92 Å².